The highest BCUT2D eigenvalue weighted by Gasteiger charge is 2.27. The summed E-state index contributed by atoms with van der Waals surface area (Å²) < 4.78 is 39.2. The minimum absolute atomic E-state index is 0.117. The van der Waals surface area contributed by atoms with Gasteiger partial charge in [-0.1, -0.05) is 0 Å². The van der Waals surface area contributed by atoms with Crippen molar-refractivity contribution in [3.8, 4) is 0 Å². The number of nitrogens with zero attached hydrogens (tertiary/aromatic N) is 1. The Labute approximate surface area is 80.5 Å². The van der Waals surface area contributed by atoms with Crippen LogP contribution in [0, 0.1) is 0 Å². The molecule has 1 aliphatic heterocycles. The summed E-state index contributed by atoms with van der Waals surface area (Å²) in [5, 5.41) is 8.91. The standard InChI is InChI=1S/C8H14F3NO2/c9-8(10,11)6-14-3-1-2-12-4-7(13)5-12/h7,13H,1-6H2. The van der Waals surface area contributed by atoms with Gasteiger partial charge in [-0.05, 0) is 6.42 Å². The van der Waals surface area contributed by atoms with E-state index in [9.17, 15) is 13.2 Å². The topological polar surface area (TPSA) is 32.7 Å². The zero-order valence-corrected chi connectivity index (χ0v) is 7.76. The van der Waals surface area contributed by atoms with Crippen molar-refractivity contribution in [1.82, 2.24) is 4.90 Å². The molecule has 0 radical (unpaired) electrons. The number of rotatable bonds is 5. The first kappa shape index (κ1) is 11.7. The normalized spacial score (nSPS) is 19.7. The minimum atomic E-state index is -4.23. The molecule has 0 aromatic rings. The first-order valence-electron chi connectivity index (χ1n) is 4.52. The van der Waals surface area contributed by atoms with E-state index in [4.69, 9.17) is 5.11 Å². The second kappa shape index (κ2) is 4.95. The van der Waals surface area contributed by atoms with E-state index < -0.39 is 12.8 Å². The van der Waals surface area contributed by atoms with Crippen LogP contribution in [0.5, 0.6) is 0 Å². The van der Waals surface area contributed by atoms with Gasteiger partial charge in [0.05, 0.1) is 6.10 Å². The minimum Gasteiger partial charge on any atom is -0.390 e. The Kier molecular flexibility index (Phi) is 4.15. The molecule has 0 amide bonds. The zero-order chi connectivity index (χ0) is 10.6. The molecule has 0 saturated carbocycles. The summed E-state index contributed by atoms with van der Waals surface area (Å²) in [7, 11) is 0. The van der Waals surface area contributed by atoms with E-state index in [2.05, 4.69) is 4.74 Å². The quantitative estimate of drug-likeness (QED) is 0.680. The van der Waals surface area contributed by atoms with Crippen LogP contribution in [0.4, 0.5) is 13.2 Å². The third-order valence-electron chi connectivity index (χ3n) is 1.97. The maximum atomic E-state index is 11.6. The molecule has 0 unspecified atom stereocenters. The Morgan fingerprint density at radius 2 is 2.00 bits per heavy atom. The van der Waals surface area contributed by atoms with Gasteiger partial charge in [-0.3, -0.25) is 4.90 Å². The molecule has 0 atom stereocenters. The predicted molar refractivity (Wildman–Crippen MR) is 43.9 cm³/mol. The number of likely N-dealkylation sites (tertiary alicyclic amines) is 1. The average molecular weight is 213 g/mol. The van der Waals surface area contributed by atoms with Crippen LogP contribution in [0.15, 0.2) is 0 Å². The second-order valence-electron chi connectivity index (χ2n) is 3.43. The Hall–Kier alpha value is -0.330. The van der Waals surface area contributed by atoms with Crippen LogP contribution in [-0.2, 0) is 4.74 Å². The van der Waals surface area contributed by atoms with Crippen molar-refractivity contribution in [2.24, 2.45) is 0 Å². The predicted octanol–water partition coefficient (Wildman–Crippen LogP) is 0.632. The molecular weight excluding hydrogens is 199 g/mol. The summed E-state index contributed by atoms with van der Waals surface area (Å²) in [4.78, 5) is 1.97. The van der Waals surface area contributed by atoms with Crippen molar-refractivity contribution in [3.63, 3.8) is 0 Å². The molecule has 1 N–H and O–H groups in total. The third kappa shape index (κ3) is 4.78. The number of hydrogen-bond donors (Lipinski definition) is 1. The van der Waals surface area contributed by atoms with Gasteiger partial charge >= 0.3 is 6.18 Å². The molecule has 1 saturated heterocycles. The van der Waals surface area contributed by atoms with Crippen LogP contribution in [0.1, 0.15) is 6.42 Å². The molecule has 1 aliphatic rings. The van der Waals surface area contributed by atoms with E-state index in [1.807, 2.05) is 4.90 Å². The summed E-state index contributed by atoms with van der Waals surface area (Å²) in [5.74, 6) is 0. The summed E-state index contributed by atoms with van der Waals surface area (Å²) in [6.45, 7) is 0.884. The van der Waals surface area contributed by atoms with Crippen LogP contribution in [-0.4, -0.2) is 55.1 Å². The van der Waals surface area contributed by atoms with Gasteiger partial charge in [0.15, 0.2) is 0 Å². The lowest BCUT2D eigenvalue weighted by atomic mass is 10.1. The highest BCUT2D eigenvalue weighted by molar-refractivity contribution is 4.77. The molecule has 3 nitrogen and oxygen atoms in total. The van der Waals surface area contributed by atoms with Gasteiger partial charge in [0.2, 0.25) is 0 Å². The van der Waals surface area contributed by atoms with Crippen LogP contribution in [0.25, 0.3) is 0 Å². The highest BCUT2D eigenvalue weighted by Crippen LogP contribution is 2.14. The molecule has 14 heavy (non-hydrogen) atoms. The molecular formula is C8H14F3NO2. The maximum Gasteiger partial charge on any atom is 0.411 e. The molecule has 84 valence electrons. The summed E-state index contributed by atoms with van der Waals surface area (Å²) in [6, 6.07) is 0. The van der Waals surface area contributed by atoms with Crippen molar-refractivity contribution >= 4 is 0 Å². The third-order valence-corrected chi connectivity index (χ3v) is 1.97. The van der Waals surface area contributed by atoms with Gasteiger partial charge < -0.3 is 9.84 Å². The van der Waals surface area contributed by atoms with E-state index >= 15 is 0 Å². The lowest BCUT2D eigenvalue weighted by Crippen LogP contribution is -2.50. The van der Waals surface area contributed by atoms with Crippen LogP contribution in [0.3, 0.4) is 0 Å². The molecule has 0 spiro atoms. The smallest absolute Gasteiger partial charge is 0.390 e. The summed E-state index contributed by atoms with van der Waals surface area (Å²) >= 11 is 0. The number of hydrogen-bond acceptors (Lipinski definition) is 3. The number of alkyl halides is 3. The highest BCUT2D eigenvalue weighted by atomic mass is 19.4. The fraction of sp³-hybridized carbons (Fsp3) is 1.00. The molecule has 1 heterocycles. The van der Waals surface area contributed by atoms with E-state index in [0.29, 0.717) is 26.1 Å². The summed E-state index contributed by atoms with van der Waals surface area (Å²) in [5.41, 5.74) is 0. The molecule has 1 rings (SSSR count). The monoisotopic (exact) mass is 213 g/mol. The molecule has 0 aromatic heterocycles. The van der Waals surface area contributed by atoms with Crippen LogP contribution in [0.2, 0.25) is 0 Å². The van der Waals surface area contributed by atoms with Gasteiger partial charge in [0, 0.05) is 26.2 Å². The number of aliphatic hydroxyl groups excluding tert-OH is 1. The average Bonchev–Trinajstić information content (AvgIpc) is 1.98. The molecule has 1 fully saturated rings. The Morgan fingerprint density at radius 1 is 1.36 bits per heavy atom. The molecule has 0 aromatic carbocycles. The van der Waals surface area contributed by atoms with Gasteiger partial charge in [-0.15, -0.1) is 0 Å². The van der Waals surface area contributed by atoms with E-state index in [0.717, 1.165) is 0 Å². The lowest BCUT2D eigenvalue weighted by Gasteiger charge is -2.35. The van der Waals surface area contributed by atoms with E-state index in [1.165, 1.54) is 0 Å². The number of aliphatic hydroxyl groups is 1. The Morgan fingerprint density at radius 3 is 2.50 bits per heavy atom. The first-order valence-corrected chi connectivity index (χ1v) is 4.52. The SMILES string of the molecule is OC1CN(CCCOCC(F)(F)F)C1. The van der Waals surface area contributed by atoms with Crippen LogP contribution >= 0.6 is 0 Å². The van der Waals surface area contributed by atoms with Crippen LogP contribution < -0.4 is 0 Å². The maximum absolute atomic E-state index is 11.6. The summed E-state index contributed by atoms with van der Waals surface area (Å²) in [6.07, 6.45) is -3.92. The number of ether oxygens (including phenoxy) is 1. The van der Waals surface area contributed by atoms with Gasteiger partial charge in [-0.2, -0.15) is 13.2 Å². The van der Waals surface area contributed by atoms with Crippen molar-refractivity contribution in [1.29, 1.82) is 0 Å². The Balaban J connectivity index is 1.85. The zero-order valence-electron chi connectivity index (χ0n) is 7.76. The first-order chi connectivity index (χ1) is 6.47. The van der Waals surface area contributed by atoms with Gasteiger partial charge in [-0.25, -0.2) is 0 Å². The molecule has 0 bridgehead atoms. The van der Waals surface area contributed by atoms with E-state index in [-0.39, 0.29) is 12.7 Å². The fourth-order valence-corrected chi connectivity index (χ4v) is 1.30. The van der Waals surface area contributed by atoms with Crippen molar-refractivity contribution in [2.75, 3.05) is 32.8 Å². The largest absolute Gasteiger partial charge is 0.411 e. The van der Waals surface area contributed by atoms with E-state index in [1.54, 1.807) is 0 Å². The van der Waals surface area contributed by atoms with Crippen molar-refractivity contribution in [3.05, 3.63) is 0 Å². The fourth-order valence-electron chi connectivity index (χ4n) is 1.30. The van der Waals surface area contributed by atoms with Gasteiger partial charge in [0.1, 0.15) is 6.61 Å². The van der Waals surface area contributed by atoms with Crippen molar-refractivity contribution in [2.45, 2.75) is 18.7 Å². The number of halogens is 3. The van der Waals surface area contributed by atoms with Gasteiger partial charge in [0.25, 0.3) is 0 Å². The molecule has 0 aliphatic carbocycles. The van der Waals surface area contributed by atoms with Crippen molar-refractivity contribution < 1.29 is 23.0 Å². The number of β-amino-alcohol motifs (C(OH)–C–C–N with tert-alkyl or cyclic N) is 1. The Bertz CT molecular complexity index is 168. The second-order valence-corrected chi connectivity index (χ2v) is 3.43. The lowest BCUT2D eigenvalue weighted by molar-refractivity contribution is -0.174. The molecule has 6 heteroatoms.